The van der Waals surface area contributed by atoms with Gasteiger partial charge in [0.1, 0.15) is 5.75 Å². The van der Waals surface area contributed by atoms with Crippen molar-refractivity contribution in [2.75, 3.05) is 17.7 Å². The van der Waals surface area contributed by atoms with Gasteiger partial charge in [0.25, 0.3) is 0 Å². The van der Waals surface area contributed by atoms with E-state index in [0.717, 1.165) is 21.3 Å². The van der Waals surface area contributed by atoms with Crippen LogP contribution in [0.2, 0.25) is 0 Å². The van der Waals surface area contributed by atoms with E-state index in [2.05, 4.69) is 21.2 Å². The van der Waals surface area contributed by atoms with Crippen molar-refractivity contribution in [1.29, 1.82) is 0 Å². The molecule has 1 aliphatic heterocycles. The summed E-state index contributed by atoms with van der Waals surface area (Å²) in [5, 5.41) is 2.87. The second kappa shape index (κ2) is 7.87. The molecule has 7 heteroatoms. The van der Waals surface area contributed by atoms with Gasteiger partial charge in [0, 0.05) is 10.2 Å². The summed E-state index contributed by atoms with van der Waals surface area (Å²) in [4.78, 5) is 12.4. The van der Waals surface area contributed by atoms with Gasteiger partial charge in [0.05, 0.1) is 22.7 Å². The predicted molar refractivity (Wildman–Crippen MR) is 114 cm³/mol. The van der Waals surface area contributed by atoms with Crippen LogP contribution in [-0.2, 0) is 20.0 Å². The molecule has 0 spiro atoms. The van der Waals surface area contributed by atoms with Gasteiger partial charge >= 0.3 is 0 Å². The summed E-state index contributed by atoms with van der Waals surface area (Å²) in [5.41, 5.74) is 2.06. The summed E-state index contributed by atoms with van der Waals surface area (Å²) >= 11 is 3.39. The van der Waals surface area contributed by atoms with Gasteiger partial charge in [-0.05, 0) is 81.1 Å². The molecule has 150 valence electrons. The number of rotatable bonds is 7. The molecule has 0 atom stereocenters. The highest BCUT2D eigenvalue weighted by Crippen LogP contribution is 2.39. The van der Waals surface area contributed by atoms with Gasteiger partial charge < -0.3 is 10.1 Å². The first-order chi connectivity index (χ1) is 13.1. The summed E-state index contributed by atoms with van der Waals surface area (Å²) in [5.74, 6) is 0.760. The lowest BCUT2D eigenvalue weighted by Gasteiger charge is -2.16. The maximum atomic E-state index is 12.5. The van der Waals surface area contributed by atoms with E-state index in [9.17, 15) is 13.2 Å². The van der Waals surface area contributed by atoms with Crippen LogP contribution in [0.15, 0.2) is 45.8 Å². The van der Waals surface area contributed by atoms with E-state index in [1.54, 1.807) is 18.2 Å². The second-order valence-corrected chi connectivity index (χ2v) is 10.5. The van der Waals surface area contributed by atoms with Gasteiger partial charge in [-0.25, -0.2) is 8.42 Å². The summed E-state index contributed by atoms with van der Waals surface area (Å²) in [6.45, 7) is 6.06. The molecule has 0 saturated carbocycles. The minimum atomic E-state index is -3.30. The lowest BCUT2D eigenvalue weighted by atomic mass is 9.86. The first kappa shape index (κ1) is 20.9. The Morgan fingerprint density at radius 2 is 1.86 bits per heavy atom. The van der Waals surface area contributed by atoms with Crippen molar-refractivity contribution >= 4 is 37.4 Å². The number of carbonyl (C=O) groups excluding carboxylic acids is 1. The number of hydrogen-bond acceptors (Lipinski definition) is 4. The minimum absolute atomic E-state index is 0.0203. The number of hydrogen-bond donors (Lipinski definition) is 1. The normalized spacial score (nSPS) is 15.2. The second-order valence-electron chi connectivity index (χ2n) is 7.57. The largest absolute Gasteiger partial charge is 0.494 e. The van der Waals surface area contributed by atoms with Crippen molar-refractivity contribution in [2.24, 2.45) is 0 Å². The van der Waals surface area contributed by atoms with Gasteiger partial charge in [0.2, 0.25) is 5.91 Å². The molecule has 2 aromatic carbocycles. The van der Waals surface area contributed by atoms with Gasteiger partial charge in [-0.15, -0.1) is 0 Å². The van der Waals surface area contributed by atoms with Crippen LogP contribution in [0.1, 0.15) is 37.8 Å². The third-order valence-corrected chi connectivity index (χ3v) is 7.73. The molecule has 5 nitrogen and oxygen atoms in total. The van der Waals surface area contributed by atoms with E-state index in [4.69, 9.17) is 4.74 Å². The number of carbonyl (C=O) groups is 1. The Hall–Kier alpha value is -1.86. The number of anilines is 1. The van der Waals surface area contributed by atoms with Gasteiger partial charge in [-0.2, -0.15) is 0 Å². The maximum absolute atomic E-state index is 12.5. The highest BCUT2D eigenvalue weighted by Gasteiger charge is 2.38. The number of aryl methyl sites for hydroxylation is 1. The molecule has 2 aromatic rings. The first-order valence-electron chi connectivity index (χ1n) is 9.19. The molecule has 1 aliphatic rings. The molecular weight excluding hydrogens is 442 g/mol. The van der Waals surface area contributed by atoms with E-state index < -0.39 is 15.3 Å². The quantitative estimate of drug-likeness (QED) is 0.605. The zero-order chi connectivity index (χ0) is 20.5. The van der Waals surface area contributed by atoms with Crippen molar-refractivity contribution in [1.82, 2.24) is 0 Å². The Kier molecular flexibility index (Phi) is 5.87. The van der Waals surface area contributed by atoms with E-state index in [1.165, 1.54) is 0 Å². The monoisotopic (exact) mass is 465 g/mol. The third kappa shape index (κ3) is 4.25. The van der Waals surface area contributed by atoms with Crippen LogP contribution in [0, 0.1) is 6.92 Å². The summed E-state index contributed by atoms with van der Waals surface area (Å²) in [7, 11) is -3.30. The zero-order valence-corrected chi connectivity index (χ0v) is 18.6. The van der Waals surface area contributed by atoms with Crippen LogP contribution in [0.5, 0.6) is 5.75 Å². The van der Waals surface area contributed by atoms with Crippen LogP contribution >= 0.6 is 15.9 Å². The van der Waals surface area contributed by atoms with Crippen LogP contribution in [0.25, 0.3) is 0 Å². The number of halogens is 1. The summed E-state index contributed by atoms with van der Waals surface area (Å²) in [6, 6.07) is 10.6. The molecule has 0 aliphatic carbocycles. The van der Waals surface area contributed by atoms with E-state index in [-0.39, 0.29) is 11.7 Å². The lowest BCUT2D eigenvalue weighted by Crippen LogP contribution is -2.26. The van der Waals surface area contributed by atoms with Crippen LogP contribution in [0.3, 0.4) is 0 Å². The number of nitrogens with one attached hydrogen (secondary N) is 1. The van der Waals surface area contributed by atoms with Gasteiger partial charge in [-0.1, -0.05) is 15.9 Å². The number of fused-ring (bicyclic) bond motifs is 1. The smallest absolute Gasteiger partial charge is 0.234 e. The van der Waals surface area contributed by atoms with Gasteiger partial charge in [-0.3, -0.25) is 4.79 Å². The van der Waals surface area contributed by atoms with Crippen molar-refractivity contribution in [2.45, 2.75) is 43.9 Å². The molecule has 0 radical (unpaired) electrons. The number of amides is 1. The van der Waals surface area contributed by atoms with Gasteiger partial charge in [0.15, 0.2) is 9.84 Å². The molecule has 1 heterocycles. The third-order valence-electron chi connectivity index (χ3n) is 5.04. The van der Waals surface area contributed by atoms with Crippen LogP contribution < -0.4 is 10.1 Å². The Morgan fingerprint density at radius 1 is 1.11 bits per heavy atom. The Bertz CT molecular complexity index is 1020. The fraction of sp³-hybridized carbons (Fsp3) is 0.381. The molecule has 0 aromatic heterocycles. The fourth-order valence-corrected chi connectivity index (χ4v) is 4.85. The predicted octanol–water partition coefficient (Wildman–Crippen LogP) is 4.62. The number of sulfone groups is 1. The molecule has 0 unspecified atom stereocenters. The Morgan fingerprint density at radius 3 is 2.57 bits per heavy atom. The van der Waals surface area contributed by atoms with Crippen LogP contribution in [0.4, 0.5) is 5.69 Å². The molecule has 0 fully saturated rings. The van der Waals surface area contributed by atoms with Crippen molar-refractivity contribution in [3.63, 3.8) is 0 Å². The highest BCUT2D eigenvalue weighted by atomic mass is 79.9. The first-order valence-corrected chi connectivity index (χ1v) is 11.6. The molecule has 0 saturated heterocycles. The zero-order valence-electron chi connectivity index (χ0n) is 16.2. The number of unbranched alkanes of at least 4 members (excludes halogenated alkanes) is 1. The Balaban J connectivity index is 1.52. The van der Waals surface area contributed by atoms with E-state index >= 15 is 0 Å². The van der Waals surface area contributed by atoms with Crippen molar-refractivity contribution in [3.8, 4) is 5.75 Å². The molecule has 0 bridgehead atoms. The van der Waals surface area contributed by atoms with Crippen molar-refractivity contribution < 1.29 is 17.9 Å². The molecular formula is C21H24BrNO4S. The molecule has 28 heavy (non-hydrogen) atoms. The number of ether oxygens (including phenoxy) is 1. The topological polar surface area (TPSA) is 72.5 Å². The van der Waals surface area contributed by atoms with E-state index in [1.807, 2.05) is 39.0 Å². The average Bonchev–Trinajstić information content (AvgIpc) is 2.86. The Labute approximate surface area is 174 Å². The molecule has 1 N–H and O–H groups in total. The lowest BCUT2D eigenvalue weighted by molar-refractivity contribution is -0.119. The van der Waals surface area contributed by atoms with Crippen LogP contribution in [-0.4, -0.2) is 26.7 Å². The van der Waals surface area contributed by atoms with Crippen molar-refractivity contribution in [3.05, 3.63) is 52.0 Å². The SMILES string of the molecule is Cc1cc(S(=O)(=O)CCCCOc2ccc3c(c2)C(C)(C)C(=O)N3)ccc1Br. The summed E-state index contributed by atoms with van der Waals surface area (Å²) < 4.78 is 31.6. The van der Waals surface area contributed by atoms with E-state index in [0.29, 0.717) is 30.1 Å². The fourth-order valence-electron chi connectivity index (χ4n) is 3.15. The maximum Gasteiger partial charge on any atom is 0.234 e. The molecule has 1 amide bonds. The summed E-state index contributed by atoms with van der Waals surface area (Å²) in [6.07, 6.45) is 1.15. The molecule has 3 rings (SSSR count). The minimum Gasteiger partial charge on any atom is -0.494 e. The number of benzene rings is 2. The standard InChI is InChI=1S/C21H24BrNO4S/c1-14-12-16(7-8-18(14)22)28(25,26)11-5-4-10-27-15-6-9-19-17(13-15)21(2,3)20(24)23-19/h6-9,12-13H,4-5,10-11H2,1-3H3,(H,23,24). The average molecular weight is 466 g/mol. The highest BCUT2D eigenvalue weighted by molar-refractivity contribution is 9.10.